The van der Waals surface area contributed by atoms with E-state index in [0.29, 0.717) is 3.57 Å². The first-order valence-electron chi connectivity index (χ1n) is 9.81. The van der Waals surface area contributed by atoms with Gasteiger partial charge in [-0.1, -0.05) is 0 Å². The molecule has 1 fully saturated rings. The Labute approximate surface area is 208 Å². The van der Waals surface area contributed by atoms with Crippen LogP contribution in [0.5, 0.6) is 11.5 Å². The normalized spacial score (nSPS) is 23.8. The predicted molar refractivity (Wildman–Crippen MR) is 118 cm³/mol. The summed E-state index contributed by atoms with van der Waals surface area (Å²) < 4.78 is 37.7. The smallest absolute Gasteiger partial charge is 0.339 e. The Morgan fingerprint density at radius 3 is 1.82 bits per heavy atom. The van der Waals surface area contributed by atoms with Crippen LogP contribution < -0.4 is 9.47 Å². The minimum atomic E-state index is -1.59. The molecule has 0 N–H and O–H groups in total. The first-order chi connectivity index (χ1) is 15.9. The molecule has 0 aromatic heterocycles. The highest BCUT2D eigenvalue weighted by molar-refractivity contribution is 14.1. The van der Waals surface area contributed by atoms with Crippen LogP contribution >= 0.6 is 22.6 Å². The van der Waals surface area contributed by atoms with Crippen LogP contribution in [0.25, 0.3) is 0 Å². The number of ether oxygens (including phenoxy) is 7. The number of esters is 5. The number of benzene rings is 1. The van der Waals surface area contributed by atoms with Gasteiger partial charge in [0.25, 0.3) is 0 Å². The van der Waals surface area contributed by atoms with Crippen molar-refractivity contribution < 1.29 is 57.1 Å². The van der Waals surface area contributed by atoms with Gasteiger partial charge in [-0.3, -0.25) is 19.2 Å². The Morgan fingerprint density at radius 2 is 1.29 bits per heavy atom. The van der Waals surface area contributed by atoms with Gasteiger partial charge < -0.3 is 33.2 Å². The average molecular weight is 594 g/mol. The zero-order chi connectivity index (χ0) is 25.6. The molecule has 1 aliphatic heterocycles. The maximum atomic E-state index is 12.4. The van der Waals surface area contributed by atoms with E-state index in [4.69, 9.17) is 33.2 Å². The van der Waals surface area contributed by atoms with Crippen molar-refractivity contribution in [3.05, 3.63) is 21.8 Å². The van der Waals surface area contributed by atoms with Gasteiger partial charge in [-0.15, -0.1) is 0 Å². The lowest BCUT2D eigenvalue weighted by Crippen LogP contribution is -2.64. The van der Waals surface area contributed by atoms with Gasteiger partial charge in [0, 0.05) is 37.3 Å². The molecular formula is C21H23IO12. The zero-order valence-electron chi connectivity index (χ0n) is 18.9. The molecule has 5 atom stereocenters. The molecule has 186 valence electrons. The lowest BCUT2D eigenvalue weighted by molar-refractivity contribution is -0.282. The van der Waals surface area contributed by atoms with Crippen molar-refractivity contribution in [2.45, 2.75) is 58.4 Å². The predicted octanol–water partition coefficient (Wildman–Crippen LogP) is 1.29. The standard InChI is InChI=1S/C21H23IO12/c1-9(23)29-14-6-13(22)7-15(8-14)33-21-19(32-12(4)26)17(31-11(3)25)16(30-10(2)24)18(34-21)20(27)28-5/h6-8,16-19,21H,1-5H3/t16-,17?,18?,19?,21+/m1/s1. The van der Waals surface area contributed by atoms with Crippen molar-refractivity contribution in [2.24, 2.45) is 0 Å². The summed E-state index contributed by atoms with van der Waals surface area (Å²) in [7, 11) is 1.08. The van der Waals surface area contributed by atoms with Gasteiger partial charge in [0.05, 0.1) is 7.11 Å². The van der Waals surface area contributed by atoms with Crippen molar-refractivity contribution in [1.29, 1.82) is 0 Å². The van der Waals surface area contributed by atoms with Crippen LogP contribution in [-0.2, 0) is 47.7 Å². The maximum Gasteiger partial charge on any atom is 0.339 e. The number of carbonyl (C=O) groups excluding carboxylic acids is 5. The molecule has 1 aromatic carbocycles. The molecule has 1 aromatic rings. The monoisotopic (exact) mass is 594 g/mol. The molecule has 2 rings (SSSR count). The molecule has 0 radical (unpaired) electrons. The summed E-state index contributed by atoms with van der Waals surface area (Å²) in [6, 6.07) is 4.48. The summed E-state index contributed by atoms with van der Waals surface area (Å²) in [6.07, 6.45) is -7.56. The van der Waals surface area contributed by atoms with Gasteiger partial charge in [-0.2, -0.15) is 0 Å². The number of hydrogen-bond donors (Lipinski definition) is 0. The van der Waals surface area contributed by atoms with Crippen molar-refractivity contribution in [3.63, 3.8) is 0 Å². The largest absolute Gasteiger partial charge is 0.467 e. The fraction of sp³-hybridized carbons (Fsp3) is 0.476. The van der Waals surface area contributed by atoms with E-state index in [1.165, 1.54) is 13.0 Å². The van der Waals surface area contributed by atoms with Crippen LogP contribution in [0.15, 0.2) is 18.2 Å². The van der Waals surface area contributed by atoms with Crippen LogP contribution in [0.3, 0.4) is 0 Å². The molecule has 34 heavy (non-hydrogen) atoms. The number of halogens is 1. The third-order valence-corrected chi connectivity index (χ3v) is 4.82. The highest BCUT2D eigenvalue weighted by Gasteiger charge is 2.55. The molecule has 12 nitrogen and oxygen atoms in total. The second-order valence-electron chi connectivity index (χ2n) is 7.00. The molecule has 3 unspecified atom stereocenters. The van der Waals surface area contributed by atoms with Gasteiger partial charge in [0.1, 0.15) is 11.5 Å². The van der Waals surface area contributed by atoms with Crippen LogP contribution in [0.1, 0.15) is 27.7 Å². The van der Waals surface area contributed by atoms with E-state index in [1.54, 1.807) is 12.1 Å². The van der Waals surface area contributed by atoms with Crippen LogP contribution in [0, 0.1) is 3.57 Å². The lowest BCUT2D eigenvalue weighted by atomic mass is 9.97. The van der Waals surface area contributed by atoms with Gasteiger partial charge in [0.15, 0.2) is 18.3 Å². The molecule has 1 heterocycles. The third kappa shape index (κ3) is 7.55. The summed E-state index contributed by atoms with van der Waals surface area (Å²) in [5, 5.41) is 0. The number of carbonyl (C=O) groups is 5. The highest BCUT2D eigenvalue weighted by atomic mass is 127. The molecule has 0 spiro atoms. The van der Waals surface area contributed by atoms with E-state index in [0.717, 1.165) is 27.9 Å². The zero-order valence-corrected chi connectivity index (χ0v) is 21.1. The number of methoxy groups -OCH3 is 1. The summed E-state index contributed by atoms with van der Waals surface area (Å²) in [4.78, 5) is 59.2. The molecule has 0 bridgehead atoms. The summed E-state index contributed by atoms with van der Waals surface area (Å²) in [5.41, 5.74) is 0. The van der Waals surface area contributed by atoms with Crippen LogP contribution in [-0.4, -0.2) is 67.7 Å². The second kappa shape index (κ2) is 12.0. The van der Waals surface area contributed by atoms with E-state index >= 15 is 0 Å². The van der Waals surface area contributed by atoms with E-state index < -0.39 is 60.6 Å². The van der Waals surface area contributed by atoms with Crippen molar-refractivity contribution in [1.82, 2.24) is 0 Å². The summed E-state index contributed by atoms with van der Waals surface area (Å²) >= 11 is 1.96. The van der Waals surface area contributed by atoms with Crippen molar-refractivity contribution >= 4 is 52.4 Å². The molecule has 0 aliphatic carbocycles. The topological polar surface area (TPSA) is 150 Å². The van der Waals surface area contributed by atoms with Gasteiger partial charge in [0.2, 0.25) is 12.4 Å². The van der Waals surface area contributed by atoms with E-state index in [-0.39, 0.29) is 11.5 Å². The minimum absolute atomic E-state index is 0.112. The fourth-order valence-electron chi connectivity index (χ4n) is 3.14. The van der Waals surface area contributed by atoms with Gasteiger partial charge in [-0.05, 0) is 34.7 Å². The van der Waals surface area contributed by atoms with Crippen molar-refractivity contribution in [3.8, 4) is 11.5 Å². The second-order valence-corrected chi connectivity index (χ2v) is 8.25. The Bertz CT molecular complexity index is 961. The minimum Gasteiger partial charge on any atom is -0.467 e. The van der Waals surface area contributed by atoms with Crippen molar-refractivity contribution in [2.75, 3.05) is 7.11 Å². The van der Waals surface area contributed by atoms with E-state index in [9.17, 15) is 24.0 Å². The maximum absolute atomic E-state index is 12.4. The molecule has 1 aliphatic rings. The Morgan fingerprint density at radius 1 is 0.765 bits per heavy atom. The third-order valence-electron chi connectivity index (χ3n) is 4.19. The molecule has 13 heteroatoms. The summed E-state index contributed by atoms with van der Waals surface area (Å²) in [5.74, 6) is -3.67. The van der Waals surface area contributed by atoms with Gasteiger partial charge >= 0.3 is 29.8 Å². The van der Waals surface area contributed by atoms with E-state index in [1.807, 2.05) is 22.6 Å². The Balaban J connectivity index is 2.53. The lowest BCUT2D eigenvalue weighted by Gasteiger charge is -2.43. The Kier molecular flexibility index (Phi) is 9.61. The molecule has 0 saturated carbocycles. The van der Waals surface area contributed by atoms with Crippen LogP contribution in [0.4, 0.5) is 0 Å². The summed E-state index contributed by atoms with van der Waals surface area (Å²) in [6.45, 7) is 4.48. The van der Waals surface area contributed by atoms with E-state index in [2.05, 4.69) is 0 Å². The van der Waals surface area contributed by atoms with Crippen LogP contribution in [0.2, 0.25) is 0 Å². The average Bonchev–Trinajstić information content (AvgIpc) is 2.69. The first kappa shape index (κ1) is 27.3. The first-order valence-corrected chi connectivity index (χ1v) is 10.9. The highest BCUT2D eigenvalue weighted by Crippen LogP contribution is 2.33. The quantitative estimate of drug-likeness (QED) is 0.194. The van der Waals surface area contributed by atoms with Gasteiger partial charge in [-0.25, -0.2) is 4.79 Å². The number of rotatable bonds is 7. The number of hydrogen-bond acceptors (Lipinski definition) is 12. The SMILES string of the molecule is COC(=O)C1O[C@H](Oc2cc(I)cc(OC(C)=O)c2)C(OC(C)=O)C(OC(C)=O)[C@H]1OC(C)=O. The fourth-order valence-corrected chi connectivity index (χ4v) is 3.75. The molecule has 1 saturated heterocycles. The molecular weight excluding hydrogens is 571 g/mol. The Hall–Kier alpha value is -2.94. The molecule has 0 amide bonds.